The third-order valence-electron chi connectivity index (χ3n) is 3.96. The second kappa shape index (κ2) is 10.2. The van der Waals surface area contributed by atoms with Gasteiger partial charge in [-0.25, -0.2) is 9.59 Å². The van der Waals surface area contributed by atoms with Gasteiger partial charge in [0.25, 0.3) is 5.79 Å². The van der Waals surface area contributed by atoms with Gasteiger partial charge in [0.2, 0.25) is 0 Å². The Morgan fingerprint density at radius 3 is 2.00 bits per heavy atom. The number of hydrogen-bond acceptors (Lipinski definition) is 10. The van der Waals surface area contributed by atoms with Crippen molar-refractivity contribution in [1.82, 2.24) is 0 Å². The van der Waals surface area contributed by atoms with Crippen molar-refractivity contribution in [3.05, 3.63) is 23.3 Å². The average molecular weight is 426 g/mol. The molecule has 1 aliphatic heterocycles. The third kappa shape index (κ3) is 5.33. The number of carbonyl (C=O) groups is 2. The van der Waals surface area contributed by atoms with Gasteiger partial charge in [-0.3, -0.25) is 0 Å². The first-order valence-electron chi connectivity index (χ1n) is 8.96. The standard InChI is InChI=1S/C20H26O10/c1-20(2)29-18(21)13(19(22)30-20)8-7-12-16(26-6)15(27-10-23-3)9-14(25-5)17(12)28-11-24-4/h8-9H,7,10-11H2,1-6H3. The molecule has 0 N–H and O–H groups in total. The molecule has 1 aromatic rings. The Labute approximate surface area is 174 Å². The molecule has 10 heteroatoms. The van der Waals surface area contributed by atoms with Crippen LogP contribution in [0.3, 0.4) is 0 Å². The summed E-state index contributed by atoms with van der Waals surface area (Å²) in [6.07, 6.45) is 1.42. The molecular formula is C20H26O10. The molecule has 1 aliphatic rings. The summed E-state index contributed by atoms with van der Waals surface area (Å²) in [7, 11) is 5.86. The molecule has 1 aromatic carbocycles. The van der Waals surface area contributed by atoms with E-state index in [1.54, 1.807) is 6.07 Å². The van der Waals surface area contributed by atoms with E-state index in [1.807, 2.05) is 0 Å². The quantitative estimate of drug-likeness (QED) is 0.238. The molecule has 0 radical (unpaired) electrons. The smallest absolute Gasteiger partial charge is 0.348 e. The van der Waals surface area contributed by atoms with Crippen LogP contribution >= 0.6 is 0 Å². The Hall–Kier alpha value is -2.98. The zero-order valence-electron chi connectivity index (χ0n) is 17.9. The highest BCUT2D eigenvalue weighted by Crippen LogP contribution is 2.45. The maximum Gasteiger partial charge on any atom is 0.348 e. The van der Waals surface area contributed by atoms with E-state index in [9.17, 15) is 9.59 Å². The highest BCUT2D eigenvalue weighted by molar-refractivity contribution is 6.15. The van der Waals surface area contributed by atoms with Gasteiger partial charge in [-0.2, -0.15) is 0 Å². The van der Waals surface area contributed by atoms with Crippen molar-refractivity contribution in [1.29, 1.82) is 0 Å². The van der Waals surface area contributed by atoms with E-state index in [0.717, 1.165) is 0 Å². The molecule has 1 fully saturated rings. The number of hydrogen-bond donors (Lipinski definition) is 0. The van der Waals surface area contributed by atoms with Crippen molar-refractivity contribution in [3.8, 4) is 23.0 Å². The lowest BCUT2D eigenvalue weighted by molar-refractivity contribution is -0.222. The lowest BCUT2D eigenvalue weighted by Gasteiger charge is -2.29. The predicted molar refractivity (Wildman–Crippen MR) is 103 cm³/mol. The minimum Gasteiger partial charge on any atom is -0.493 e. The molecule has 0 spiro atoms. The van der Waals surface area contributed by atoms with Crippen LogP contribution in [0.5, 0.6) is 23.0 Å². The van der Waals surface area contributed by atoms with Gasteiger partial charge in [-0.1, -0.05) is 6.08 Å². The second-order valence-corrected chi connectivity index (χ2v) is 6.52. The Balaban J connectivity index is 2.51. The van der Waals surface area contributed by atoms with Crippen LogP contribution < -0.4 is 18.9 Å². The van der Waals surface area contributed by atoms with Gasteiger partial charge < -0.3 is 37.9 Å². The molecule has 1 saturated heterocycles. The maximum atomic E-state index is 12.2. The summed E-state index contributed by atoms with van der Waals surface area (Å²) >= 11 is 0. The minimum atomic E-state index is -1.33. The van der Waals surface area contributed by atoms with Gasteiger partial charge in [-0.15, -0.1) is 0 Å². The third-order valence-corrected chi connectivity index (χ3v) is 3.96. The topological polar surface area (TPSA) is 108 Å². The van der Waals surface area contributed by atoms with Crippen LogP contribution in [0.25, 0.3) is 0 Å². The molecule has 30 heavy (non-hydrogen) atoms. The van der Waals surface area contributed by atoms with Gasteiger partial charge in [0, 0.05) is 39.7 Å². The van der Waals surface area contributed by atoms with E-state index >= 15 is 0 Å². The maximum absolute atomic E-state index is 12.2. The zero-order valence-corrected chi connectivity index (χ0v) is 17.9. The van der Waals surface area contributed by atoms with Crippen molar-refractivity contribution in [3.63, 3.8) is 0 Å². The van der Waals surface area contributed by atoms with E-state index in [-0.39, 0.29) is 25.6 Å². The summed E-state index contributed by atoms with van der Waals surface area (Å²) in [5.74, 6) is -1.62. The van der Waals surface area contributed by atoms with Crippen molar-refractivity contribution in [2.75, 3.05) is 42.0 Å². The molecular weight excluding hydrogens is 400 g/mol. The highest BCUT2D eigenvalue weighted by atomic mass is 16.7. The number of carbonyl (C=O) groups excluding carboxylic acids is 2. The van der Waals surface area contributed by atoms with Crippen molar-refractivity contribution < 1.29 is 47.5 Å². The lowest BCUT2D eigenvalue weighted by Crippen LogP contribution is -2.41. The first-order valence-corrected chi connectivity index (χ1v) is 8.96. The molecule has 0 aliphatic carbocycles. The van der Waals surface area contributed by atoms with Crippen LogP contribution in [0.15, 0.2) is 17.7 Å². The molecule has 2 rings (SSSR count). The highest BCUT2D eigenvalue weighted by Gasteiger charge is 2.38. The number of cyclic esters (lactones) is 2. The molecule has 1 heterocycles. The Morgan fingerprint density at radius 1 is 0.867 bits per heavy atom. The molecule has 10 nitrogen and oxygen atoms in total. The molecule has 166 valence electrons. The normalized spacial score (nSPS) is 15.2. The molecule has 0 amide bonds. The van der Waals surface area contributed by atoms with Crippen molar-refractivity contribution >= 4 is 11.9 Å². The summed E-state index contributed by atoms with van der Waals surface area (Å²) in [6.45, 7) is 2.84. The number of allylic oxidation sites excluding steroid dienone is 1. The van der Waals surface area contributed by atoms with E-state index in [0.29, 0.717) is 28.6 Å². The van der Waals surface area contributed by atoms with E-state index in [2.05, 4.69) is 0 Å². The second-order valence-electron chi connectivity index (χ2n) is 6.52. The Bertz CT molecular complexity index is 790. The number of esters is 2. The number of ether oxygens (including phenoxy) is 8. The van der Waals surface area contributed by atoms with E-state index < -0.39 is 17.7 Å². The fourth-order valence-electron chi connectivity index (χ4n) is 2.75. The summed E-state index contributed by atoms with van der Waals surface area (Å²) in [5.41, 5.74) is 0.217. The number of methoxy groups -OCH3 is 4. The summed E-state index contributed by atoms with van der Waals surface area (Å²) in [6, 6.07) is 1.57. The van der Waals surface area contributed by atoms with E-state index in [4.69, 9.17) is 37.9 Å². The van der Waals surface area contributed by atoms with Gasteiger partial charge in [0.15, 0.2) is 36.6 Å². The average Bonchev–Trinajstić information content (AvgIpc) is 2.68. The first-order chi connectivity index (χ1) is 14.3. The largest absolute Gasteiger partial charge is 0.493 e. The minimum absolute atomic E-state index is 0.0357. The van der Waals surface area contributed by atoms with E-state index in [1.165, 1.54) is 48.4 Å². The number of rotatable bonds is 10. The fraction of sp³-hybridized carbons (Fsp3) is 0.500. The van der Waals surface area contributed by atoms with Crippen LogP contribution in [-0.4, -0.2) is 59.8 Å². The van der Waals surface area contributed by atoms with Gasteiger partial charge >= 0.3 is 11.9 Å². The predicted octanol–water partition coefficient (Wildman–Crippen LogP) is 1.97. The number of benzene rings is 1. The molecule has 0 aromatic heterocycles. The summed E-state index contributed by atoms with van der Waals surface area (Å²) in [5, 5.41) is 0. The fourth-order valence-corrected chi connectivity index (χ4v) is 2.75. The monoisotopic (exact) mass is 426 g/mol. The van der Waals surface area contributed by atoms with Gasteiger partial charge in [-0.05, 0) is 6.42 Å². The SMILES string of the molecule is COCOc1cc(OC)c(OCOC)c(CC=C2C(=O)OC(C)(C)OC2=O)c1OC. The van der Waals surface area contributed by atoms with Crippen LogP contribution in [0.2, 0.25) is 0 Å². The Morgan fingerprint density at radius 2 is 1.47 bits per heavy atom. The lowest BCUT2D eigenvalue weighted by atomic mass is 10.0. The molecule has 0 atom stereocenters. The molecule has 0 bridgehead atoms. The van der Waals surface area contributed by atoms with Gasteiger partial charge in [0.05, 0.1) is 14.2 Å². The van der Waals surface area contributed by atoms with Crippen LogP contribution in [0, 0.1) is 0 Å². The van der Waals surface area contributed by atoms with Crippen molar-refractivity contribution in [2.45, 2.75) is 26.1 Å². The van der Waals surface area contributed by atoms with Gasteiger partial charge in [0.1, 0.15) is 5.57 Å². The summed E-state index contributed by atoms with van der Waals surface area (Å²) in [4.78, 5) is 24.5. The summed E-state index contributed by atoms with van der Waals surface area (Å²) < 4.78 is 42.3. The Kier molecular flexibility index (Phi) is 7.90. The zero-order chi connectivity index (χ0) is 22.3. The van der Waals surface area contributed by atoms with Crippen molar-refractivity contribution in [2.24, 2.45) is 0 Å². The molecule has 0 saturated carbocycles. The van der Waals surface area contributed by atoms with Crippen LogP contribution in [-0.2, 0) is 35.0 Å². The first kappa shape index (κ1) is 23.3. The molecule has 0 unspecified atom stereocenters. The van der Waals surface area contributed by atoms with Crippen LogP contribution in [0.1, 0.15) is 19.4 Å². The van der Waals surface area contributed by atoms with Crippen LogP contribution in [0.4, 0.5) is 0 Å².